The van der Waals surface area contributed by atoms with Crippen molar-refractivity contribution in [3.63, 3.8) is 0 Å². The van der Waals surface area contributed by atoms with E-state index in [4.69, 9.17) is 0 Å². The molecule has 7 heteroatoms. The zero-order chi connectivity index (χ0) is 15.5. The number of nitro benzene ring substituents is 1. The van der Waals surface area contributed by atoms with Gasteiger partial charge in [0.2, 0.25) is 0 Å². The molecule has 22 heavy (non-hydrogen) atoms. The van der Waals surface area contributed by atoms with E-state index in [1.54, 1.807) is 24.3 Å². The Kier molecular flexibility index (Phi) is 3.45. The maximum absolute atomic E-state index is 12.1. The number of hydrogen-bond donors (Lipinski definition) is 1. The van der Waals surface area contributed by atoms with Crippen molar-refractivity contribution in [2.45, 2.75) is 0 Å². The van der Waals surface area contributed by atoms with E-state index < -0.39 is 4.92 Å². The fourth-order valence-electron chi connectivity index (χ4n) is 1.99. The topological polar surface area (TPSA) is 102 Å². The van der Waals surface area contributed by atoms with Crippen molar-refractivity contribution in [2.24, 2.45) is 0 Å². The normalized spacial score (nSPS) is 10.4. The van der Waals surface area contributed by atoms with Gasteiger partial charge in [-0.1, -0.05) is 30.3 Å². The minimum atomic E-state index is -0.489. The second-order valence-electron chi connectivity index (χ2n) is 4.52. The van der Waals surface area contributed by atoms with Gasteiger partial charge in [-0.3, -0.25) is 14.9 Å². The number of hydrogen-bond acceptors (Lipinski definition) is 5. The van der Waals surface area contributed by atoms with E-state index in [0.29, 0.717) is 11.1 Å². The van der Waals surface area contributed by atoms with Gasteiger partial charge in [-0.25, -0.2) is 0 Å². The first-order valence-electron chi connectivity index (χ1n) is 6.42. The lowest BCUT2D eigenvalue weighted by Gasteiger charge is -2.02. The van der Waals surface area contributed by atoms with E-state index in [0.717, 1.165) is 0 Å². The molecule has 0 aliphatic heterocycles. The van der Waals surface area contributed by atoms with Gasteiger partial charge < -0.3 is 4.98 Å². The smallest absolute Gasteiger partial charge is 0.278 e. The highest BCUT2D eigenvalue weighted by Gasteiger charge is 2.10. The number of nitrogens with one attached hydrogen (secondary N) is 1. The summed E-state index contributed by atoms with van der Waals surface area (Å²) in [7, 11) is 0. The van der Waals surface area contributed by atoms with Crippen molar-refractivity contribution in [2.75, 3.05) is 0 Å². The number of H-pyrrole nitrogens is 1. The fraction of sp³-hybridized carbons (Fsp3) is 0. The number of nitro groups is 1. The number of non-ortho nitro benzene ring substituents is 1. The molecular formula is C15H10N4O3. The summed E-state index contributed by atoms with van der Waals surface area (Å²) in [6.07, 6.45) is 0. The molecule has 1 N–H and O–H groups in total. The summed E-state index contributed by atoms with van der Waals surface area (Å²) in [6, 6.07) is 14.7. The van der Waals surface area contributed by atoms with Crippen LogP contribution < -0.4 is 5.56 Å². The molecule has 1 heterocycles. The molecule has 3 rings (SSSR count). The summed E-state index contributed by atoms with van der Waals surface area (Å²) >= 11 is 0. The molecule has 0 spiro atoms. The van der Waals surface area contributed by atoms with Crippen molar-refractivity contribution in [1.29, 1.82) is 0 Å². The molecule has 0 unspecified atom stereocenters. The van der Waals surface area contributed by atoms with Crippen LogP contribution in [0.3, 0.4) is 0 Å². The highest BCUT2D eigenvalue weighted by atomic mass is 16.6. The predicted molar refractivity (Wildman–Crippen MR) is 80.2 cm³/mol. The fourth-order valence-corrected chi connectivity index (χ4v) is 1.99. The summed E-state index contributed by atoms with van der Waals surface area (Å²) in [5.74, 6) is 0.263. The molecule has 0 aliphatic carbocycles. The zero-order valence-corrected chi connectivity index (χ0v) is 11.3. The lowest BCUT2D eigenvalue weighted by molar-refractivity contribution is -0.384. The zero-order valence-electron chi connectivity index (χ0n) is 11.3. The maximum Gasteiger partial charge on any atom is 0.278 e. The van der Waals surface area contributed by atoms with E-state index in [9.17, 15) is 14.9 Å². The Morgan fingerprint density at radius 2 is 1.59 bits per heavy atom. The van der Waals surface area contributed by atoms with Crippen molar-refractivity contribution in [1.82, 2.24) is 15.2 Å². The van der Waals surface area contributed by atoms with Crippen LogP contribution in [0.4, 0.5) is 5.69 Å². The Balaban J connectivity index is 1.98. The third-order valence-electron chi connectivity index (χ3n) is 3.10. The first-order chi connectivity index (χ1) is 10.6. The molecule has 7 nitrogen and oxygen atoms in total. The molecule has 2 aromatic carbocycles. The van der Waals surface area contributed by atoms with Gasteiger partial charge in [-0.15, -0.1) is 10.2 Å². The van der Waals surface area contributed by atoms with Gasteiger partial charge in [-0.05, 0) is 12.1 Å². The molecule has 0 atom stereocenters. The van der Waals surface area contributed by atoms with Crippen LogP contribution in [0.2, 0.25) is 0 Å². The van der Waals surface area contributed by atoms with Crippen molar-refractivity contribution in [3.05, 3.63) is 75.1 Å². The first kappa shape index (κ1) is 13.6. The molecule has 3 aromatic rings. The Labute approximate surface area is 124 Å². The van der Waals surface area contributed by atoms with Crippen LogP contribution in [0.15, 0.2) is 59.4 Å². The number of aromatic amines is 1. The van der Waals surface area contributed by atoms with E-state index >= 15 is 0 Å². The van der Waals surface area contributed by atoms with Crippen LogP contribution in [0, 0.1) is 10.1 Å². The van der Waals surface area contributed by atoms with Crippen molar-refractivity contribution >= 4 is 5.69 Å². The SMILES string of the molecule is O=c1[nH]c(-c2ccc([N+](=O)[O-])cc2)nnc1-c1ccccc1. The lowest BCUT2D eigenvalue weighted by atomic mass is 10.1. The lowest BCUT2D eigenvalue weighted by Crippen LogP contribution is -2.14. The largest absolute Gasteiger partial charge is 0.303 e. The molecule has 0 saturated carbocycles. The molecule has 0 bridgehead atoms. The van der Waals surface area contributed by atoms with Crippen LogP contribution in [0.5, 0.6) is 0 Å². The van der Waals surface area contributed by atoms with E-state index in [1.807, 2.05) is 6.07 Å². The number of nitrogens with zero attached hydrogens (tertiary/aromatic N) is 3. The molecule has 0 radical (unpaired) electrons. The van der Waals surface area contributed by atoms with Gasteiger partial charge in [0.25, 0.3) is 11.2 Å². The monoisotopic (exact) mass is 294 g/mol. The van der Waals surface area contributed by atoms with Crippen LogP contribution in [0.25, 0.3) is 22.6 Å². The Bertz CT molecular complexity index is 873. The Morgan fingerprint density at radius 1 is 0.909 bits per heavy atom. The molecule has 0 aliphatic rings. The standard InChI is InChI=1S/C15H10N4O3/c20-15-13(10-4-2-1-3-5-10)17-18-14(16-15)11-6-8-12(9-7-11)19(21)22/h1-9H,(H,16,18,20). The maximum atomic E-state index is 12.1. The van der Waals surface area contributed by atoms with E-state index in [1.165, 1.54) is 24.3 Å². The quantitative estimate of drug-likeness (QED) is 0.590. The summed E-state index contributed by atoms with van der Waals surface area (Å²) in [6.45, 7) is 0. The van der Waals surface area contributed by atoms with Crippen molar-refractivity contribution < 1.29 is 4.92 Å². The molecular weight excluding hydrogens is 284 g/mol. The average molecular weight is 294 g/mol. The number of aromatic nitrogens is 3. The summed E-state index contributed by atoms with van der Waals surface area (Å²) in [5.41, 5.74) is 1.06. The highest BCUT2D eigenvalue weighted by Crippen LogP contribution is 2.19. The van der Waals surface area contributed by atoms with Crippen LogP contribution in [0.1, 0.15) is 0 Å². The Morgan fingerprint density at radius 3 is 2.18 bits per heavy atom. The molecule has 0 fully saturated rings. The van der Waals surface area contributed by atoms with Gasteiger partial charge in [-0.2, -0.15) is 0 Å². The summed E-state index contributed by atoms with van der Waals surface area (Å²) in [5, 5.41) is 18.6. The van der Waals surface area contributed by atoms with Gasteiger partial charge >= 0.3 is 0 Å². The van der Waals surface area contributed by atoms with Gasteiger partial charge in [0, 0.05) is 23.3 Å². The summed E-state index contributed by atoms with van der Waals surface area (Å²) < 4.78 is 0. The van der Waals surface area contributed by atoms with Crippen LogP contribution >= 0.6 is 0 Å². The Hall–Kier alpha value is -3.35. The third-order valence-corrected chi connectivity index (χ3v) is 3.10. The van der Waals surface area contributed by atoms with Gasteiger partial charge in [0.1, 0.15) is 0 Å². The van der Waals surface area contributed by atoms with Gasteiger partial charge in [0.05, 0.1) is 4.92 Å². The van der Waals surface area contributed by atoms with E-state index in [2.05, 4.69) is 15.2 Å². The van der Waals surface area contributed by atoms with Crippen LogP contribution in [-0.2, 0) is 0 Å². The predicted octanol–water partition coefficient (Wildman–Crippen LogP) is 2.41. The highest BCUT2D eigenvalue weighted by molar-refractivity contribution is 5.60. The molecule has 0 amide bonds. The summed E-state index contributed by atoms with van der Waals surface area (Å²) in [4.78, 5) is 24.9. The van der Waals surface area contributed by atoms with Crippen molar-refractivity contribution in [3.8, 4) is 22.6 Å². The molecule has 0 saturated heterocycles. The average Bonchev–Trinajstić information content (AvgIpc) is 2.55. The van der Waals surface area contributed by atoms with E-state index in [-0.39, 0.29) is 22.8 Å². The molecule has 108 valence electrons. The third kappa shape index (κ3) is 2.59. The minimum absolute atomic E-state index is 0.0278. The number of benzene rings is 2. The van der Waals surface area contributed by atoms with Crippen LogP contribution in [-0.4, -0.2) is 20.1 Å². The van der Waals surface area contributed by atoms with Gasteiger partial charge in [0.15, 0.2) is 11.5 Å². The second-order valence-corrected chi connectivity index (χ2v) is 4.52. The first-order valence-corrected chi connectivity index (χ1v) is 6.42. The number of rotatable bonds is 3. The second kappa shape index (κ2) is 5.57. The minimum Gasteiger partial charge on any atom is -0.303 e. The molecule has 1 aromatic heterocycles.